The van der Waals surface area contributed by atoms with Crippen LogP contribution in [0.3, 0.4) is 0 Å². The fourth-order valence-corrected chi connectivity index (χ4v) is 4.64. The van der Waals surface area contributed by atoms with Gasteiger partial charge in [0.25, 0.3) is 11.8 Å². The molecule has 164 valence electrons. The van der Waals surface area contributed by atoms with Crippen LogP contribution in [0, 0.1) is 5.82 Å². The Morgan fingerprint density at radius 3 is 2.58 bits per heavy atom. The van der Waals surface area contributed by atoms with Crippen molar-refractivity contribution in [3.05, 3.63) is 47.8 Å². The Hall–Kier alpha value is -2.75. The maximum absolute atomic E-state index is 13.4. The Balaban J connectivity index is 1.97. The number of amides is 1. The van der Waals surface area contributed by atoms with E-state index < -0.39 is 11.7 Å². The Kier molecular flexibility index (Phi) is 5.59. The zero-order chi connectivity index (χ0) is 22.3. The van der Waals surface area contributed by atoms with E-state index >= 15 is 0 Å². The highest BCUT2D eigenvalue weighted by Gasteiger charge is 2.40. The molecule has 0 radical (unpaired) electrons. The van der Waals surface area contributed by atoms with Crippen LogP contribution in [0.1, 0.15) is 30.6 Å². The predicted molar refractivity (Wildman–Crippen MR) is 117 cm³/mol. The number of nitrogens with one attached hydrogen (secondary N) is 1. The first-order valence-electron chi connectivity index (χ1n) is 9.84. The molecule has 9 heteroatoms. The summed E-state index contributed by atoms with van der Waals surface area (Å²) in [7, 11) is 1.52. The van der Waals surface area contributed by atoms with Gasteiger partial charge in [0.05, 0.1) is 17.4 Å². The SMILES string of the molecule is CNC(=O)c1c(-c2ccc(F)cc2)oc2cc(N3SCCC3(O)O)c(OC(C)C)cc12. The minimum Gasteiger partial charge on any atom is -0.489 e. The number of hydrogen-bond acceptors (Lipinski definition) is 7. The summed E-state index contributed by atoms with van der Waals surface area (Å²) in [5.41, 5.74) is 1.62. The van der Waals surface area contributed by atoms with E-state index in [-0.39, 0.29) is 29.8 Å². The molecule has 0 bridgehead atoms. The third-order valence-electron chi connectivity index (χ3n) is 4.89. The fourth-order valence-electron chi connectivity index (χ4n) is 3.52. The predicted octanol–water partition coefficient (Wildman–Crippen LogP) is 3.88. The van der Waals surface area contributed by atoms with Crippen LogP contribution in [0.2, 0.25) is 0 Å². The molecule has 0 unspecified atom stereocenters. The van der Waals surface area contributed by atoms with Crippen molar-refractivity contribution >= 4 is 34.5 Å². The molecule has 1 fully saturated rings. The second-order valence-electron chi connectivity index (χ2n) is 7.53. The van der Waals surface area contributed by atoms with Gasteiger partial charge in [-0.3, -0.25) is 9.10 Å². The van der Waals surface area contributed by atoms with Crippen molar-refractivity contribution in [1.29, 1.82) is 0 Å². The van der Waals surface area contributed by atoms with Gasteiger partial charge in [0.2, 0.25) is 0 Å². The summed E-state index contributed by atoms with van der Waals surface area (Å²) in [4.78, 5) is 12.7. The monoisotopic (exact) mass is 446 g/mol. The first-order valence-corrected chi connectivity index (χ1v) is 10.8. The molecule has 31 heavy (non-hydrogen) atoms. The van der Waals surface area contributed by atoms with E-state index in [1.165, 1.54) is 47.6 Å². The molecule has 0 atom stereocenters. The average molecular weight is 447 g/mol. The minimum atomic E-state index is -2.04. The molecular formula is C22H23FN2O5S. The summed E-state index contributed by atoms with van der Waals surface area (Å²) in [5, 5.41) is 23.9. The van der Waals surface area contributed by atoms with Gasteiger partial charge in [-0.15, -0.1) is 0 Å². The Morgan fingerprint density at radius 1 is 1.29 bits per heavy atom. The van der Waals surface area contributed by atoms with Crippen LogP contribution in [0.25, 0.3) is 22.3 Å². The average Bonchev–Trinajstić information content (AvgIpc) is 3.26. The molecule has 2 aromatic carbocycles. The highest BCUT2D eigenvalue weighted by atomic mass is 32.2. The second kappa shape index (κ2) is 8.07. The number of anilines is 1. The third-order valence-corrected chi connectivity index (χ3v) is 6.03. The van der Waals surface area contributed by atoms with Gasteiger partial charge in [0, 0.05) is 36.2 Å². The van der Waals surface area contributed by atoms with Gasteiger partial charge in [0.1, 0.15) is 22.9 Å². The van der Waals surface area contributed by atoms with E-state index in [0.717, 1.165) is 0 Å². The van der Waals surface area contributed by atoms with Crippen molar-refractivity contribution in [2.75, 3.05) is 17.1 Å². The van der Waals surface area contributed by atoms with Gasteiger partial charge in [-0.25, -0.2) is 4.39 Å². The van der Waals surface area contributed by atoms with Gasteiger partial charge in [0.15, 0.2) is 0 Å². The first kappa shape index (κ1) is 21.5. The molecule has 1 aromatic heterocycles. The van der Waals surface area contributed by atoms with Crippen molar-refractivity contribution in [1.82, 2.24) is 5.32 Å². The smallest absolute Gasteiger partial charge is 0.257 e. The summed E-state index contributed by atoms with van der Waals surface area (Å²) < 4.78 is 26.8. The third kappa shape index (κ3) is 3.96. The van der Waals surface area contributed by atoms with Gasteiger partial charge in [-0.2, -0.15) is 0 Å². The lowest BCUT2D eigenvalue weighted by molar-refractivity contribution is -0.144. The van der Waals surface area contributed by atoms with Crippen molar-refractivity contribution < 1.29 is 28.6 Å². The van der Waals surface area contributed by atoms with Crippen LogP contribution in [-0.2, 0) is 0 Å². The van der Waals surface area contributed by atoms with E-state index in [2.05, 4.69) is 5.32 Å². The van der Waals surface area contributed by atoms with Gasteiger partial charge < -0.3 is 24.7 Å². The zero-order valence-electron chi connectivity index (χ0n) is 17.3. The number of fused-ring (bicyclic) bond motifs is 1. The van der Waals surface area contributed by atoms with Crippen LogP contribution in [0.5, 0.6) is 5.75 Å². The highest BCUT2D eigenvalue weighted by Crippen LogP contribution is 2.46. The number of furan rings is 1. The van der Waals surface area contributed by atoms with Crippen LogP contribution in [-0.4, -0.2) is 40.9 Å². The number of carbonyl (C=O) groups is 1. The molecule has 2 heterocycles. The van der Waals surface area contributed by atoms with E-state index in [9.17, 15) is 19.4 Å². The highest BCUT2D eigenvalue weighted by molar-refractivity contribution is 8.01. The number of nitrogens with zero attached hydrogens (tertiary/aromatic N) is 1. The number of ether oxygens (including phenoxy) is 1. The van der Waals surface area contributed by atoms with Crippen LogP contribution >= 0.6 is 11.9 Å². The number of halogens is 1. The number of hydrogen-bond donors (Lipinski definition) is 3. The number of rotatable bonds is 5. The summed E-state index contributed by atoms with van der Waals surface area (Å²) >= 11 is 1.26. The minimum absolute atomic E-state index is 0.166. The summed E-state index contributed by atoms with van der Waals surface area (Å²) in [6.45, 7) is 3.71. The number of aliphatic hydroxyl groups is 2. The lowest BCUT2D eigenvalue weighted by Crippen LogP contribution is -2.40. The second-order valence-corrected chi connectivity index (χ2v) is 8.56. The quantitative estimate of drug-likeness (QED) is 0.404. The Bertz CT molecular complexity index is 1130. The van der Waals surface area contributed by atoms with Crippen molar-refractivity contribution in [2.45, 2.75) is 32.3 Å². The first-order chi connectivity index (χ1) is 14.7. The number of benzene rings is 2. The lowest BCUT2D eigenvalue weighted by Gasteiger charge is -2.30. The topological polar surface area (TPSA) is 95.2 Å². The molecule has 1 aliphatic rings. The standard InChI is InChI=1S/C22H23FN2O5S/c1-12(2)29-18-10-15-17(11-16(18)25-22(27,28)8-9-31-25)30-20(19(15)21(26)24-3)13-4-6-14(23)7-5-13/h4-7,10-12,27-28H,8-9H2,1-3H3,(H,24,26). The fraction of sp³-hybridized carbons (Fsp3) is 0.318. The van der Waals surface area contributed by atoms with Crippen molar-refractivity contribution in [2.24, 2.45) is 0 Å². The molecular weight excluding hydrogens is 423 g/mol. The van der Waals surface area contributed by atoms with Crippen molar-refractivity contribution in [3.63, 3.8) is 0 Å². The van der Waals surface area contributed by atoms with E-state index in [4.69, 9.17) is 9.15 Å². The molecule has 4 rings (SSSR count). The van der Waals surface area contributed by atoms with E-state index in [0.29, 0.717) is 33.7 Å². The molecule has 0 spiro atoms. The van der Waals surface area contributed by atoms with E-state index in [1.807, 2.05) is 13.8 Å². The normalized spacial score (nSPS) is 15.6. The van der Waals surface area contributed by atoms with Gasteiger partial charge >= 0.3 is 0 Å². The molecule has 0 aliphatic carbocycles. The van der Waals surface area contributed by atoms with Crippen LogP contribution in [0.4, 0.5) is 10.1 Å². The van der Waals surface area contributed by atoms with Crippen LogP contribution in [0.15, 0.2) is 40.8 Å². The summed E-state index contributed by atoms with van der Waals surface area (Å²) in [6.07, 6.45) is -0.0262. The zero-order valence-corrected chi connectivity index (χ0v) is 18.1. The Morgan fingerprint density at radius 2 is 2.00 bits per heavy atom. The summed E-state index contributed by atoms with van der Waals surface area (Å²) in [5.74, 6) is -1.60. The molecule has 3 aromatic rings. The molecule has 1 saturated heterocycles. The largest absolute Gasteiger partial charge is 0.489 e. The van der Waals surface area contributed by atoms with Gasteiger partial charge in [-0.05, 0) is 56.1 Å². The maximum Gasteiger partial charge on any atom is 0.257 e. The van der Waals surface area contributed by atoms with Crippen molar-refractivity contribution in [3.8, 4) is 17.1 Å². The lowest BCUT2D eigenvalue weighted by atomic mass is 10.0. The maximum atomic E-state index is 13.4. The molecule has 0 saturated carbocycles. The number of carbonyl (C=O) groups excluding carboxylic acids is 1. The van der Waals surface area contributed by atoms with Crippen LogP contribution < -0.4 is 14.4 Å². The molecule has 1 aliphatic heterocycles. The molecule has 1 amide bonds. The Labute approximate surface area is 182 Å². The van der Waals surface area contributed by atoms with E-state index in [1.54, 1.807) is 12.1 Å². The molecule has 7 nitrogen and oxygen atoms in total. The van der Waals surface area contributed by atoms with Gasteiger partial charge in [-0.1, -0.05) is 0 Å². The molecule has 3 N–H and O–H groups in total. The summed E-state index contributed by atoms with van der Waals surface area (Å²) in [6, 6.07) is 8.96.